The maximum Gasteiger partial charge on any atom is 0.275 e. The first-order valence-corrected chi connectivity index (χ1v) is 5.40. The average molecular weight is 255 g/mol. The van der Waals surface area contributed by atoms with Crippen LogP contribution in [-0.2, 0) is 4.84 Å². The highest BCUT2D eigenvalue weighted by Gasteiger charge is 2.16. The Bertz CT molecular complexity index is 394. The topological polar surface area (TPSA) is 66.0 Å². The summed E-state index contributed by atoms with van der Waals surface area (Å²) in [7, 11) is 4.48. The Kier molecular flexibility index (Phi) is 5.26. The number of amides is 1. The molecule has 1 aromatic carbocycles. The van der Waals surface area contributed by atoms with Gasteiger partial charge in [-0.15, -0.1) is 0 Å². The Balaban J connectivity index is 3.10. The van der Waals surface area contributed by atoms with Crippen molar-refractivity contribution in [1.29, 1.82) is 0 Å². The molecule has 0 bridgehead atoms. The summed E-state index contributed by atoms with van der Waals surface area (Å²) in [5, 5.41) is 0. The summed E-state index contributed by atoms with van der Waals surface area (Å²) in [6, 6.07) is 3.10. The quantitative estimate of drug-likeness (QED) is 0.778. The Morgan fingerprint density at radius 1 is 1.11 bits per heavy atom. The van der Waals surface area contributed by atoms with Crippen LogP contribution in [-0.4, -0.2) is 33.8 Å². The van der Waals surface area contributed by atoms with E-state index in [1.807, 2.05) is 0 Å². The van der Waals surface area contributed by atoms with Gasteiger partial charge < -0.3 is 14.2 Å². The number of carbonyl (C=O) groups is 1. The SMILES string of the molecule is CCONC(=O)c1cc(OC)c(OC)c(OC)c1. The molecule has 0 saturated carbocycles. The lowest BCUT2D eigenvalue weighted by Gasteiger charge is -2.13. The van der Waals surface area contributed by atoms with Crippen LogP contribution in [0.15, 0.2) is 12.1 Å². The lowest BCUT2D eigenvalue weighted by Crippen LogP contribution is -2.23. The van der Waals surface area contributed by atoms with Gasteiger partial charge in [0.25, 0.3) is 5.91 Å². The molecular formula is C12H17NO5. The van der Waals surface area contributed by atoms with E-state index in [0.29, 0.717) is 29.4 Å². The summed E-state index contributed by atoms with van der Waals surface area (Å²) < 4.78 is 15.5. The van der Waals surface area contributed by atoms with Crippen LogP contribution in [0.4, 0.5) is 0 Å². The summed E-state index contributed by atoms with van der Waals surface area (Å²) in [4.78, 5) is 16.6. The fourth-order valence-electron chi connectivity index (χ4n) is 1.41. The Hall–Kier alpha value is -1.95. The lowest BCUT2D eigenvalue weighted by molar-refractivity contribution is 0.0364. The average Bonchev–Trinajstić information content (AvgIpc) is 2.42. The van der Waals surface area contributed by atoms with Gasteiger partial charge in [0.2, 0.25) is 5.75 Å². The molecule has 0 fully saturated rings. The molecule has 1 N–H and O–H groups in total. The molecule has 0 aliphatic heterocycles. The molecule has 18 heavy (non-hydrogen) atoms. The Morgan fingerprint density at radius 2 is 1.67 bits per heavy atom. The highest BCUT2D eigenvalue weighted by Crippen LogP contribution is 2.38. The maximum absolute atomic E-state index is 11.8. The number of rotatable bonds is 6. The highest BCUT2D eigenvalue weighted by atomic mass is 16.6. The first kappa shape index (κ1) is 14.1. The lowest BCUT2D eigenvalue weighted by atomic mass is 10.1. The standard InChI is InChI=1S/C12H17NO5/c1-5-18-13-12(14)8-6-9(15-2)11(17-4)10(7-8)16-3/h6-7H,5H2,1-4H3,(H,13,14). The molecule has 1 aromatic rings. The molecule has 0 saturated heterocycles. The van der Waals surface area contributed by atoms with Gasteiger partial charge >= 0.3 is 0 Å². The van der Waals surface area contributed by atoms with Gasteiger partial charge in [0, 0.05) is 5.56 Å². The zero-order valence-corrected chi connectivity index (χ0v) is 10.9. The van der Waals surface area contributed by atoms with E-state index in [4.69, 9.17) is 19.0 Å². The fraction of sp³-hybridized carbons (Fsp3) is 0.417. The van der Waals surface area contributed by atoms with Crippen LogP contribution in [0.5, 0.6) is 17.2 Å². The van der Waals surface area contributed by atoms with Crippen LogP contribution in [0.1, 0.15) is 17.3 Å². The molecule has 0 heterocycles. The number of hydrogen-bond donors (Lipinski definition) is 1. The molecule has 0 aliphatic rings. The second-order valence-electron chi connectivity index (χ2n) is 3.28. The molecule has 0 aromatic heterocycles. The molecular weight excluding hydrogens is 238 g/mol. The van der Waals surface area contributed by atoms with E-state index >= 15 is 0 Å². The predicted molar refractivity (Wildman–Crippen MR) is 65.2 cm³/mol. The van der Waals surface area contributed by atoms with E-state index in [1.54, 1.807) is 19.1 Å². The van der Waals surface area contributed by atoms with Crippen LogP contribution in [0.25, 0.3) is 0 Å². The van der Waals surface area contributed by atoms with Gasteiger partial charge in [-0.25, -0.2) is 5.48 Å². The monoisotopic (exact) mass is 255 g/mol. The number of carbonyl (C=O) groups excluding carboxylic acids is 1. The van der Waals surface area contributed by atoms with Crippen LogP contribution in [0.2, 0.25) is 0 Å². The maximum atomic E-state index is 11.8. The van der Waals surface area contributed by atoms with Crippen molar-refractivity contribution in [2.45, 2.75) is 6.92 Å². The molecule has 6 nitrogen and oxygen atoms in total. The third-order valence-corrected chi connectivity index (χ3v) is 2.24. The molecule has 0 spiro atoms. The van der Waals surface area contributed by atoms with Crippen molar-refractivity contribution in [2.24, 2.45) is 0 Å². The van der Waals surface area contributed by atoms with Crippen molar-refractivity contribution in [2.75, 3.05) is 27.9 Å². The van der Waals surface area contributed by atoms with Gasteiger partial charge in [-0.1, -0.05) is 0 Å². The normalized spacial score (nSPS) is 9.78. The first-order valence-electron chi connectivity index (χ1n) is 5.40. The minimum Gasteiger partial charge on any atom is -0.493 e. The summed E-state index contributed by atoms with van der Waals surface area (Å²) in [5.41, 5.74) is 2.66. The molecule has 1 amide bonds. The van der Waals surface area contributed by atoms with Gasteiger partial charge in [-0.2, -0.15) is 0 Å². The number of ether oxygens (including phenoxy) is 3. The van der Waals surface area contributed by atoms with Crippen LogP contribution in [0, 0.1) is 0 Å². The fourth-order valence-corrected chi connectivity index (χ4v) is 1.41. The van der Waals surface area contributed by atoms with Crippen molar-refractivity contribution in [3.8, 4) is 17.2 Å². The van der Waals surface area contributed by atoms with Crippen LogP contribution in [0.3, 0.4) is 0 Å². The Morgan fingerprint density at radius 3 is 2.06 bits per heavy atom. The predicted octanol–water partition coefficient (Wildman–Crippen LogP) is 1.39. The van der Waals surface area contributed by atoms with Gasteiger partial charge in [-0.05, 0) is 19.1 Å². The van der Waals surface area contributed by atoms with E-state index in [2.05, 4.69) is 5.48 Å². The summed E-state index contributed by atoms with van der Waals surface area (Å²) in [5.74, 6) is 0.890. The molecule has 1 rings (SSSR count). The zero-order valence-electron chi connectivity index (χ0n) is 10.9. The van der Waals surface area contributed by atoms with E-state index in [0.717, 1.165) is 0 Å². The van der Waals surface area contributed by atoms with Crippen LogP contribution < -0.4 is 19.7 Å². The van der Waals surface area contributed by atoms with E-state index in [-0.39, 0.29) is 5.91 Å². The van der Waals surface area contributed by atoms with Crippen molar-refractivity contribution in [3.63, 3.8) is 0 Å². The summed E-state index contributed by atoms with van der Waals surface area (Å²) in [6.45, 7) is 2.16. The second-order valence-corrected chi connectivity index (χ2v) is 3.28. The molecule has 0 radical (unpaired) electrons. The first-order chi connectivity index (χ1) is 8.67. The van der Waals surface area contributed by atoms with Crippen molar-refractivity contribution < 1.29 is 23.8 Å². The van der Waals surface area contributed by atoms with Crippen molar-refractivity contribution in [1.82, 2.24) is 5.48 Å². The number of methoxy groups -OCH3 is 3. The number of hydrogen-bond acceptors (Lipinski definition) is 5. The smallest absolute Gasteiger partial charge is 0.275 e. The molecule has 0 aliphatic carbocycles. The minimum atomic E-state index is -0.379. The summed E-state index contributed by atoms with van der Waals surface area (Å²) >= 11 is 0. The second kappa shape index (κ2) is 6.70. The van der Waals surface area contributed by atoms with Gasteiger partial charge in [-0.3, -0.25) is 9.63 Å². The van der Waals surface area contributed by atoms with Crippen molar-refractivity contribution >= 4 is 5.91 Å². The van der Waals surface area contributed by atoms with Gasteiger partial charge in [0.05, 0.1) is 27.9 Å². The van der Waals surface area contributed by atoms with E-state index in [1.165, 1.54) is 21.3 Å². The van der Waals surface area contributed by atoms with E-state index in [9.17, 15) is 4.79 Å². The number of hydroxylamine groups is 1. The van der Waals surface area contributed by atoms with Gasteiger partial charge in [0.1, 0.15) is 0 Å². The van der Waals surface area contributed by atoms with Gasteiger partial charge in [0.15, 0.2) is 11.5 Å². The molecule has 100 valence electrons. The number of nitrogens with one attached hydrogen (secondary N) is 1. The molecule has 0 unspecified atom stereocenters. The third-order valence-electron chi connectivity index (χ3n) is 2.24. The minimum absolute atomic E-state index is 0.359. The molecule has 0 atom stereocenters. The molecule has 6 heteroatoms. The van der Waals surface area contributed by atoms with Crippen molar-refractivity contribution in [3.05, 3.63) is 17.7 Å². The number of benzene rings is 1. The largest absolute Gasteiger partial charge is 0.493 e. The van der Waals surface area contributed by atoms with Crippen LogP contribution >= 0.6 is 0 Å². The Labute approximate surface area is 106 Å². The zero-order chi connectivity index (χ0) is 13.5. The van der Waals surface area contributed by atoms with E-state index < -0.39 is 0 Å². The summed E-state index contributed by atoms with van der Waals surface area (Å²) in [6.07, 6.45) is 0. The highest BCUT2D eigenvalue weighted by molar-refractivity contribution is 5.94. The third kappa shape index (κ3) is 3.04.